The molecule has 0 aliphatic carbocycles. The van der Waals surface area contributed by atoms with Gasteiger partial charge in [-0.25, -0.2) is 0 Å². The van der Waals surface area contributed by atoms with Crippen LogP contribution in [-0.4, -0.2) is 29.3 Å². The number of nitrogens with zero attached hydrogens (tertiary/aromatic N) is 1. The number of carbonyl (C=O) groups excluding carboxylic acids is 2. The van der Waals surface area contributed by atoms with Crippen LogP contribution in [0.25, 0.3) is 0 Å². The smallest absolute Gasteiger partial charge is 0.242 e. The maximum atomic E-state index is 12.4. The molecule has 1 aromatic carbocycles. The van der Waals surface area contributed by atoms with Crippen LogP contribution < -0.4 is 5.32 Å². The van der Waals surface area contributed by atoms with Gasteiger partial charge in [-0.2, -0.15) is 0 Å². The molecule has 2 amide bonds. The van der Waals surface area contributed by atoms with E-state index in [1.807, 2.05) is 45.0 Å². The van der Waals surface area contributed by atoms with Crippen molar-refractivity contribution in [2.45, 2.75) is 59.5 Å². The van der Waals surface area contributed by atoms with Crippen molar-refractivity contribution >= 4 is 11.8 Å². The van der Waals surface area contributed by atoms with Crippen molar-refractivity contribution < 1.29 is 9.59 Å². The summed E-state index contributed by atoms with van der Waals surface area (Å²) in [5, 5.41) is 2.87. The van der Waals surface area contributed by atoms with E-state index in [1.165, 1.54) is 5.56 Å². The fraction of sp³-hybridized carbons (Fsp3) is 0.556. The molecule has 0 fully saturated rings. The zero-order chi connectivity index (χ0) is 16.5. The average molecular weight is 304 g/mol. The Morgan fingerprint density at radius 3 is 2.32 bits per heavy atom. The van der Waals surface area contributed by atoms with Crippen LogP contribution in [0.1, 0.15) is 51.2 Å². The monoisotopic (exact) mass is 304 g/mol. The van der Waals surface area contributed by atoms with Crippen molar-refractivity contribution in [3.05, 3.63) is 35.4 Å². The van der Waals surface area contributed by atoms with E-state index in [2.05, 4.69) is 5.32 Å². The molecule has 0 saturated carbocycles. The van der Waals surface area contributed by atoms with E-state index in [0.717, 1.165) is 18.4 Å². The van der Waals surface area contributed by atoms with Gasteiger partial charge >= 0.3 is 0 Å². The van der Waals surface area contributed by atoms with Gasteiger partial charge in [-0.05, 0) is 32.3 Å². The second-order valence-corrected chi connectivity index (χ2v) is 5.72. The molecule has 4 nitrogen and oxygen atoms in total. The van der Waals surface area contributed by atoms with Crippen molar-refractivity contribution in [1.29, 1.82) is 0 Å². The van der Waals surface area contributed by atoms with Crippen LogP contribution in [0.15, 0.2) is 24.3 Å². The molecule has 0 heterocycles. The predicted molar refractivity (Wildman–Crippen MR) is 89.4 cm³/mol. The highest BCUT2D eigenvalue weighted by molar-refractivity contribution is 5.87. The Morgan fingerprint density at radius 2 is 1.77 bits per heavy atom. The van der Waals surface area contributed by atoms with Crippen LogP contribution in [0.2, 0.25) is 0 Å². The predicted octanol–water partition coefficient (Wildman–Crippen LogP) is 3.04. The maximum Gasteiger partial charge on any atom is 0.242 e. The second kappa shape index (κ2) is 9.23. The van der Waals surface area contributed by atoms with E-state index in [1.54, 1.807) is 11.8 Å². The lowest BCUT2D eigenvalue weighted by molar-refractivity contribution is -0.140. The molecule has 0 saturated heterocycles. The van der Waals surface area contributed by atoms with Gasteiger partial charge in [-0.1, -0.05) is 43.7 Å². The summed E-state index contributed by atoms with van der Waals surface area (Å²) in [6, 6.07) is 7.63. The third kappa shape index (κ3) is 5.51. The average Bonchev–Trinajstić information content (AvgIpc) is 2.51. The fourth-order valence-electron chi connectivity index (χ4n) is 2.23. The number of rotatable bonds is 8. The number of nitrogens with one attached hydrogen (secondary N) is 1. The number of carbonyl (C=O) groups is 2. The van der Waals surface area contributed by atoms with Gasteiger partial charge in [-0.15, -0.1) is 0 Å². The SMILES string of the molecule is CCCNC(=O)C(C)N(Cc1ccc(C)cc1)C(=O)CCC. The molecular formula is C18H28N2O2. The second-order valence-electron chi connectivity index (χ2n) is 5.72. The molecule has 0 aliphatic rings. The first-order chi connectivity index (χ1) is 10.5. The molecule has 4 heteroatoms. The summed E-state index contributed by atoms with van der Waals surface area (Å²) in [4.78, 5) is 26.3. The van der Waals surface area contributed by atoms with E-state index < -0.39 is 6.04 Å². The van der Waals surface area contributed by atoms with Crippen molar-refractivity contribution in [2.75, 3.05) is 6.54 Å². The van der Waals surface area contributed by atoms with Gasteiger partial charge in [0.2, 0.25) is 11.8 Å². The van der Waals surface area contributed by atoms with Gasteiger partial charge in [0, 0.05) is 19.5 Å². The Morgan fingerprint density at radius 1 is 1.14 bits per heavy atom. The summed E-state index contributed by atoms with van der Waals surface area (Å²) in [6.45, 7) is 8.93. The minimum atomic E-state index is -0.452. The molecule has 1 rings (SSSR count). The normalized spacial score (nSPS) is 11.8. The molecule has 1 aromatic rings. The number of amides is 2. The summed E-state index contributed by atoms with van der Waals surface area (Å²) < 4.78 is 0. The standard InChI is InChI=1S/C18H28N2O2/c1-5-7-17(21)20(15(4)18(22)19-12-6-2)13-16-10-8-14(3)9-11-16/h8-11,15H,5-7,12-13H2,1-4H3,(H,19,22). The molecule has 1 unspecified atom stereocenters. The third-order valence-corrected chi connectivity index (χ3v) is 3.65. The van der Waals surface area contributed by atoms with Gasteiger partial charge in [0.15, 0.2) is 0 Å². The van der Waals surface area contributed by atoms with Gasteiger partial charge in [0.05, 0.1) is 0 Å². The Labute approximate surface area is 133 Å². The van der Waals surface area contributed by atoms with Crippen LogP contribution in [0.4, 0.5) is 0 Å². The molecular weight excluding hydrogens is 276 g/mol. The van der Waals surface area contributed by atoms with Crippen LogP contribution in [0, 0.1) is 6.92 Å². The lowest BCUT2D eigenvalue weighted by atomic mass is 10.1. The largest absolute Gasteiger partial charge is 0.354 e. The lowest BCUT2D eigenvalue weighted by Crippen LogP contribution is -2.47. The van der Waals surface area contributed by atoms with Crippen molar-refractivity contribution in [1.82, 2.24) is 10.2 Å². The minimum absolute atomic E-state index is 0.0298. The minimum Gasteiger partial charge on any atom is -0.354 e. The van der Waals surface area contributed by atoms with Crippen LogP contribution in [0.3, 0.4) is 0 Å². The van der Waals surface area contributed by atoms with E-state index in [9.17, 15) is 9.59 Å². The van der Waals surface area contributed by atoms with Crippen molar-refractivity contribution in [3.63, 3.8) is 0 Å². The topological polar surface area (TPSA) is 49.4 Å². The summed E-state index contributed by atoms with van der Waals surface area (Å²) in [6.07, 6.45) is 2.14. The Bertz CT molecular complexity index is 482. The van der Waals surface area contributed by atoms with Crippen molar-refractivity contribution in [3.8, 4) is 0 Å². The molecule has 0 aliphatic heterocycles. The van der Waals surface area contributed by atoms with E-state index >= 15 is 0 Å². The number of hydrogen-bond donors (Lipinski definition) is 1. The number of benzene rings is 1. The van der Waals surface area contributed by atoms with Gasteiger partial charge < -0.3 is 10.2 Å². The quantitative estimate of drug-likeness (QED) is 0.802. The highest BCUT2D eigenvalue weighted by Crippen LogP contribution is 2.12. The number of hydrogen-bond acceptors (Lipinski definition) is 2. The third-order valence-electron chi connectivity index (χ3n) is 3.65. The lowest BCUT2D eigenvalue weighted by Gasteiger charge is -2.28. The molecule has 0 radical (unpaired) electrons. The zero-order valence-corrected chi connectivity index (χ0v) is 14.2. The molecule has 1 N–H and O–H groups in total. The van der Waals surface area contributed by atoms with Crippen molar-refractivity contribution in [2.24, 2.45) is 0 Å². The molecule has 0 aromatic heterocycles. The van der Waals surface area contributed by atoms with Crippen LogP contribution in [-0.2, 0) is 16.1 Å². The highest BCUT2D eigenvalue weighted by atomic mass is 16.2. The van der Waals surface area contributed by atoms with Gasteiger partial charge in [-0.3, -0.25) is 9.59 Å². The maximum absolute atomic E-state index is 12.4. The van der Waals surface area contributed by atoms with E-state index in [-0.39, 0.29) is 11.8 Å². The van der Waals surface area contributed by atoms with Crippen LogP contribution in [0.5, 0.6) is 0 Å². The summed E-state index contributed by atoms with van der Waals surface area (Å²) in [5.74, 6) is -0.0550. The summed E-state index contributed by atoms with van der Waals surface area (Å²) in [5.41, 5.74) is 2.23. The van der Waals surface area contributed by atoms with E-state index in [0.29, 0.717) is 19.5 Å². The first kappa shape index (κ1) is 18.2. The van der Waals surface area contributed by atoms with Gasteiger partial charge in [0.25, 0.3) is 0 Å². The Kier molecular flexibility index (Phi) is 7.64. The first-order valence-electron chi connectivity index (χ1n) is 8.12. The number of aryl methyl sites for hydroxylation is 1. The first-order valence-corrected chi connectivity index (χ1v) is 8.12. The molecule has 0 bridgehead atoms. The Balaban J connectivity index is 2.85. The van der Waals surface area contributed by atoms with Gasteiger partial charge in [0.1, 0.15) is 6.04 Å². The van der Waals surface area contributed by atoms with E-state index in [4.69, 9.17) is 0 Å². The highest BCUT2D eigenvalue weighted by Gasteiger charge is 2.25. The molecule has 22 heavy (non-hydrogen) atoms. The molecule has 122 valence electrons. The zero-order valence-electron chi connectivity index (χ0n) is 14.2. The summed E-state index contributed by atoms with van der Waals surface area (Å²) >= 11 is 0. The Hall–Kier alpha value is -1.84. The summed E-state index contributed by atoms with van der Waals surface area (Å²) in [7, 11) is 0. The molecule has 1 atom stereocenters. The van der Waals surface area contributed by atoms with Crippen LogP contribution >= 0.6 is 0 Å². The molecule has 0 spiro atoms. The fourth-order valence-corrected chi connectivity index (χ4v) is 2.23.